The van der Waals surface area contributed by atoms with Crippen molar-refractivity contribution in [1.29, 1.82) is 0 Å². The average molecular weight is 1290 g/mol. The molecule has 0 nitrogen and oxygen atoms in total. The Morgan fingerprint density at radius 2 is 0.0645 bits per heavy atom. The van der Waals surface area contributed by atoms with Crippen LogP contribution in [-0.2, 0) is 22.4 Å². The van der Waals surface area contributed by atoms with Gasteiger partial charge in [-0.25, -0.2) is 0 Å². The summed E-state index contributed by atoms with van der Waals surface area (Å²) in [6.07, 6.45) is 0. The second-order valence-corrected chi connectivity index (χ2v) is 0. The molecule has 0 aliphatic heterocycles. The molecule has 0 amide bonds. The van der Waals surface area contributed by atoms with Crippen LogP contribution >= 0.6 is 372 Å². The van der Waals surface area contributed by atoms with Crippen molar-refractivity contribution in [2.75, 3.05) is 0 Å². The molecular formula is H30AuCl30. The molecule has 0 aromatic rings. The van der Waals surface area contributed by atoms with Gasteiger partial charge in [0.15, 0.2) is 0 Å². The molecule has 0 bridgehead atoms. The van der Waals surface area contributed by atoms with E-state index >= 15 is 0 Å². The van der Waals surface area contributed by atoms with Crippen molar-refractivity contribution in [3.05, 3.63) is 0 Å². The minimum atomic E-state index is 0. The summed E-state index contributed by atoms with van der Waals surface area (Å²) in [5.74, 6) is 0. The zero-order valence-corrected chi connectivity index (χ0v) is 39.2. The number of rotatable bonds is 0. The summed E-state index contributed by atoms with van der Waals surface area (Å²) in [7, 11) is 0. The molecule has 0 N–H and O–H groups in total. The van der Waals surface area contributed by atoms with Gasteiger partial charge in [-0.05, 0) is 0 Å². The van der Waals surface area contributed by atoms with E-state index in [-0.39, 0.29) is 395 Å². The van der Waals surface area contributed by atoms with Crippen LogP contribution in [0.5, 0.6) is 0 Å². The predicted molar refractivity (Wildman–Crippen MR) is 217 cm³/mol. The van der Waals surface area contributed by atoms with E-state index < -0.39 is 0 Å². The van der Waals surface area contributed by atoms with Crippen LogP contribution in [0.3, 0.4) is 0 Å². The molecule has 251 valence electrons. The predicted octanol–water partition coefficient (Wildman–Crippen LogP) is 12.7. The van der Waals surface area contributed by atoms with Crippen molar-refractivity contribution in [1.82, 2.24) is 0 Å². The molecule has 0 aliphatic rings. The van der Waals surface area contributed by atoms with E-state index in [0.29, 0.717) is 0 Å². The van der Waals surface area contributed by atoms with Crippen LogP contribution in [0.15, 0.2) is 0 Å². The maximum atomic E-state index is 0. The molecule has 0 aromatic heterocycles. The maximum absolute atomic E-state index is 0. The molecule has 0 rings (SSSR count). The molecule has 0 fully saturated rings. The monoisotopic (exact) mass is 1280 g/mol. The van der Waals surface area contributed by atoms with Gasteiger partial charge >= 0.3 is 0 Å². The number of hydrogen-bond donors (Lipinski definition) is 0. The van der Waals surface area contributed by atoms with Gasteiger partial charge in [0.25, 0.3) is 0 Å². The van der Waals surface area contributed by atoms with E-state index in [1.54, 1.807) is 0 Å². The van der Waals surface area contributed by atoms with E-state index in [1.807, 2.05) is 0 Å². The SMILES string of the molecule is Cl.Cl.Cl.Cl.Cl.Cl.Cl.Cl.Cl.Cl.Cl.Cl.Cl.Cl.Cl.Cl.Cl.Cl.Cl.Cl.Cl.Cl.Cl.Cl.Cl.Cl.Cl.Cl.Cl.Cl.[Au]. The summed E-state index contributed by atoms with van der Waals surface area (Å²) in [4.78, 5) is 0. The topological polar surface area (TPSA) is 0 Å². The van der Waals surface area contributed by atoms with Gasteiger partial charge in [-0.3, -0.25) is 0 Å². The summed E-state index contributed by atoms with van der Waals surface area (Å²) in [6, 6.07) is 0. The molecule has 31 heteroatoms. The van der Waals surface area contributed by atoms with Crippen molar-refractivity contribution >= 4 is 372 Å². The van der Waals surface area contributed by atoms with Crippen molar-refractivity contribution in [3.63, 3.8) is 0 Å². The Morgan fingerprint density at radius 1 is 0.0645 bits per heavy atom. The molecule has 0 heterocycles. The van der Waals surface area contributed by atoms with E-state index in [1.165, 1.54) is 0 Å². The first kappa shape index (κ1) is 706. The zero-order chi connectivity index (χ0) is 0. The summed E-state index contributed by atoms with van der Waals surface area (Å²) in [6.45, 7) is 0. The Morgan fingerprint density at radius 3 is 0.0645 bits per heavy atom. The van der Waals surface area contributed by atoms with Gasteiger partial charge < -0.3 is 0 Å². The largest absolute Gasteiger partial charge is 0.147 e. The van der Waals surface area contributed by atoms with Crippen LogP contribution in [0.25, 0.3) is 0 Å². The summed E-state index contributed by atoms with van der Waals surface area (Å²) < 4.78 is 0. The smallest absolute Gasteiger partial charge is 0 e. The maximum Gasteiger partial charge on any atom is 0 e. The van der Waals surface area contributed by atoms with Gasteiger partial charge in [0, 0.05) is 22.4 Å². The quantitative estimate of drug-likeness (QED) is 0.212. The summed E-state index contributed by atoms with van der Waals surface area (Å²) >= 11 is 0. The van der Waals surface area contributed by atoms with Crippen LogP contribution in [0.4, 0.5) is 0 Å². The third-order valence-electron chi connectivity index (χ3n) is 0. The van der Waals surface area contributed by atoms with E-state index in [9.17, 15) is 0 Å². The Balaban J connectivity index is 0. The first-order valence-corrected chi connectivity index (χ1v) is 0. The fraction of sp³-hybridized carbons (Fsp3) is 0. The van der Waals surface area contributed by atoms with Gasteiger partial charge in [-0.1, -0.05) is 0 Å². The molecule has 0 saturated heterocycles. The minimum absolute atomic E-state index is 0. The summed E-state index contributed by atoms with van der Waals surface area (Å²) in [5.41, 5.74) is 0. The molecule has 0 spiro atoms. The second-order valence-electron chi connectivity index (χ2n) is 0. The standard InChI is InChI=1S/Au.30ClH/h;30*1H. The fourth-order valence-electron chi connectivity index (χ4n) is 0. The average Bonchev–Trinajstić information content (AvgIpc) is 0. The van der Waals surface area contributed by atoms with Gasteiger partial charge in [-0.2, -0.15) is 0 Å². The minimum Gasteiger partial charge on any atom is -0.147 e. The molecule has 31 heavy (non-hydrogen) atoms. The van der Waals surface area contributed by atoms with E-state index in [0.717, 1.165) is 0 Å². The van der Waals surface area contributed by atoms with Gasteiger partial charge in [0.05, 0.1) is 0 Å². The Hall–Kier alpha value is 9.44. The molecule has 0 atom stereocenters. The first-order chi connectivity index (χ1) is 0. The molecule has 0 saturated carbocycles. The Bertz CT molecular complexity index is 6.37. The van der Waals surface area contributed by atoms with Gasteiger partial charge in [0.1, 0.15) is 0 Å². The van der Waals surface area contributed by atoms with Gasteiger partial charge in [-0.15, -0.1) is 372 Å². The van der Waals surface area contributed by atoms with Crippen LogP contribution in [0.1, 0.15) is 0 Å². The third-order valence-corrected chi connectivity index (χ3v) is 0. The molecule has 0 unspecified atom stereocenters. The van der Waals surface area contributed by atoms with Crippen molar-refractivity contribution in [2.24, 2.45) is 0 Å². The number of halogens is 30. The van der Waals surface area contributed by atoms with Crippen molar-refractivity contribution in [2.45, 2.75) is 0 Å². The molecule has 0 aliphatic carbocycles. The third kappa shape index (κ3) is 620. The first-order valence-electron chi connectivity index (χ1n) is 0. The van der Waals surface area contributed by atoms with Crippen molar-refractivity contribution in [3.8, 4) is 0 Å². The Labute approximate surface area is 388 Å². The van der Waals surface area contributed by atoms with Crippen LogP contribution in [-0.4, -0.2) is 0 Å². The van der Waals surface area contributed by atoms with Crippen LogP contribution in [0.2, 0.25) is 0 Å². The summed E-state index contributed by atoms with van der Waals surface area (Å²) in [5, 5.41) is 0. The van der Waals surface area contributed by atoms with Crippen molar-refractivity contribution < 1.29 is 22.4 Å². The van der Waals surface area contributed by atoms with E-state index in [4.69, 9.17) is 0 Å². The molecule has 0 aromatic carbocycles. The van der Waals surface area contributed by atoms with Crippen LogP contribution in [0, 0.1) is 0 Å². The van der Waals surface area contributed by atoms with Gasteiger partial charge in [0.2, 0.25) is 0 Å². The second kappa shape index (κ2) is 654. The number of hydrogen-bond acceptors (Lipinski definition) is 0. The normalized spacial score (nSPS) is 0. The Kier molecular flexibility index (Phi) is 14900. The zero-order valence-electron chi connectivity index (χ0n) is 12.5. The fourth-order valence-corrected chi connectivity index (χ4v) is 0. The van der Waals surface area contributed by atoms with Crippen LogP contribution < -0.4 is 0 Å². The van der Waals surface area contributed by atoms with E-state index in [2.05, 4.69) is 0 Å². The molecular weight excluding hydrogens is 1260 g/mol. The molecule has 1 radical (unpaired) electrons.